The smallest absolute Gasteiger partial charge is 0.478 e. The molecular weight excluding hydrogens is 512 g/mol. The standard InChI is InChI=1S/C10H16FN2O15P3.CH4/c1-24-10(4-25-30(20,21)28-31(22,23)27-29(17,18)19)7(15)6(11)8(26-10)13-3-2-5(14)12-9(13)16;/h2-3,6-8,15H,4H2,1H3,(H,20,21)(H,22,23)(H,12,14,16)(H2,17,18,19);1H4/p-2/t6-,7+,8-,10-;/m1./s1. The minimum atomic E-state index is -6.14. The maximum absolute atomic E-state index is 14.6. The highest BCUT2D eigenvalue weighted by Crippen LogP contribution is 2.63. The number of phosphoric ester groups is 1. The van der Waals surface area contributed by atoms with Gasteiger partial charge in [-0.2, -0.15) is 0 Å². The van der Waals surface area contributed by atoms with Crippen LogP contribution in [0.5, 0.6) is 0 Å². The van der Waals surface area contributed by atoms with Crippen LogP contribution in [0.3, 0.4) is 0 Å². The van der Waals surface area contributed by atoms with Crippen molar-refractivity contribution in [3.63, 3.8) is 0 Å². The van der Waals surface area contributed by atoms with Crippen LogP contribution in [-0.4, -0.2) is 56.2 Å². The lowest BCUT2D eigenvalue weighted by molar-refractivity contribution is -0.268. The van der Waals surface area contributed by atoms with Crippen LogP contribution >= 0.6 is 23.5 Å². The van der Waals surface area contributed by atoms with E-state index in [-0.39, 0.29) is 7.43 Å². The summed E-state index contributed by atoms with van der Waals surface area (Å²) < 4.78 is 69.2. The second kappa shape index (κ2) is 10.0. The van der Waals surface area contributed by atoms with Crippen LogP contribution in [-0.2, 0) is 36.3 Å². The monoisotopic (exact) mass is 530 g/mol. The molecule has 0 spiro atoms. The maximum Gasteiger partial charge on any atom is 0.478 e. The van der Waals surface area contributed by atoms with E-state index in [9.17, 15) is 47.5 Å². The highest BCUT2D eigenvalue weighted by molar-refractivity contribution is 7.65. The number of ether oxygens (including phenoxy) is 2. The number of aliphatic hydroxyl groups excluding tert-OH is 1. The van der Waals surface area contributed by atoms with E-state index in [2.05, 4.69) is 13.1 Å². The van der Waals surface area contributed by atoms with Crippen molar-refractivity contribution in [2.45, 2.75) is 31.7 Å². The molecule has 0 bridgehead atoms. The fraction of sp³-hybridized carbons (Fsp3) is 0.636. The van der Waals surface area contributed by atoms with Crippen LogP contribution in [0.15, 0.2) is 21.9 Å². The Kier molecular flexibility index (Phi) is 9.07. The molecule has 0 aliphatic carbocycles. The molecule has 3 unspecified atom stereocenters. The van der Waals surface area contributed by atoms with Gasteiger partial charge in [-0.25, -0.2) is 22.4 Å². The molecule has 1 fully saturated rings. The Morgan fingerprint density at radius 1 is 1.28 bits per heavy atom. The van der Waals surface area contributed by atoms with Crippen molar-refractivity contribution < 1.29 is 65.4 Å². The Morgan fingerprint density at radius 2 is 1.88 bits per heavy atom. The van der Waals surface area contributed by atoms with Gasteiger partial charge in [0.05, 0.1) is 0 Å². The molecule has 0 radical (unpaired) electrons. The zero-order valence-corrected chi connectivity index (χ0v) is 17.7. The number of alkyl halides is 1. The number of nitrogens with zero attached hydrogens (tertiary/aromatic N) is 1. The van der Waals surface area contributed by atoms with Gasteiger partial charge in [-0.3, -0.25) is 28.0 Å². The summed E-state index contributed by atoms with van der Waals surface area (Å²) in [6.07, 6.45) is -5.84. The number of H-pyrrole nitrogens is 1. The number of hydrogen-bond acceptors (Lipinski definition) is 13. The molecule has 32 heavy (non-hydrogen) atoms. The predicted octanol–water partition coefficient (Wildman–Crippen LogP) is -2.18. The molecule has 4 N–H and O–H groups in total. The van der Waals surface area contributed by atoms with E-state index < -0.39 is 65.6 Å². The molecule has 1 aliphatic rings. The normalized spacial score (nSPS) is 31.2. The van der Waals surface area contributed by atoms with E-state index in [4.69, 9.17) is 14.4 Å². The van der Waals surface area contributed by atoms with E-state index in [0.29, 0.717) is 4.57 Å². The summed E-state index contributed by atoms with van der Waals surface area (Å²) in [6.45, 7) is -1.40. The van der Waals surface area contributed by atoms with Crippen molar-refractivity contribution in [1.82, 2.24) is 9.55 Å². The van der Waals surface area contributed by atoms with Gasteiger partial charge in [0.25, 0.3) is 21.2 Å². The molecule has 2 rings (SSSR count). The molecule has 186 valence electrons. The van der Waals surface area contributed by atoms with E-state index in [1.165, 1.54) is 0 Å². The van der Waals surface area contributed by atoms with Crippen LogP contribution in [0.2, 0.25) is 0 Å². The molecule has 17 nitrogen and oxygen atoms in total. The number of aromatic nitrogens is 2. The highest BCUT2D eigenvalue weighted by atomic mass is 31.3. The van der Waals surface area contributed by atoms with Crippen molar-refractivity contribution in [3.05, 3.63) is 33.1 Å². The summed E-state index contributed by atoms with van der Waals surface area (Å²) in [4.78, 5) is 64.1. The van der Waals surface area contributed by atoms with Crippen LogP contribution in [0.4, 0.5) is 4.39 Å². The number of hydrogen-bond donors (Lipinski definition) is 4. The number of nitrogens with one attached hydrogen (secondary N) is 1. The van der Waals surface area contributed by atoms with Crippen molar-refractivity contribution in [2.24, 2.45) is 0 Å². The third kappa shape index (κ3) is 6.95. The Hall–Kier alpha value is -1.10. The molecule has 1 aromatic heterocycles. The molecule has 1 aliphatic heterocycles. The average Bonchev–Trinajstić information content (AvgIpc) is 2.82. The summed E-state index contributed by atoms with van der Waals surface area (Å²) in [5.41, 5.74) is -1.98. The van der Waals surface area contributed by atoms with Crippen molar-refractivity contribution in [2.75, 3.05) is 13.7 Å². The average molecular weight is 530 g/mol. The zero-order chi connectivity index (χ0) is 23.8. The van der Waals surface area contributed by atoms with Gasteiger partial charge in [0.15, 0.2) is 12.4 Å². The summed E-state index contributed by atoms with van der Waals surface area (Å²) >= 11 is 0. The van der Waals surface area contributed by atoms with Crippen LogP contribution in [0.25, 0.3) is 0 Å². The van der Waals surface area contributed by atoms with Crippen molar-refractivity contribution in [1.29, 1.82) is 0 Å². The quantitative estimate of drug-likeness (QED) is 0.247. The number of aromatic amines is 1. The molecule has 21 heteroatoms. The molecule has 2 heterocycles. The molecule has 0 amide bonds. The molecule has 1 saturated heterocycles. The van der Waals surface area contributed by atoms with Gasteiger partial charge in [0.1, 0.15) is 12.7 Å². The Bertz CT molecular complexity index is 1070. The van der Waals surface area contributed by atoms with Crippen LogP contribution in [0.1, 0.15) is 13.7 Å². The van der Waals surface area contributed by atoms with Gasteiger partial charge in [0, 0.05) is 19.4 Å². The van der Waals surface area contributed by atoms with Crippen molar-refractivity contribution in [3.8, 4) is 0 Å². The molecule has 1 aromatic rings. The van der Waals surface area contributed by atoms with Gasteiger partial charge >= 0.3 is 13.5 Å². The van der Waals surface area contributed by atoms with Gasteiger partial charge in [-0.15, -0.1) is 0 Å². The zero-order valence-electron chi connectivity index (χ0n) is 15.0. The third-order valence-electron chi connectivity index (χ3n) is 3.65. The number of rotatable bonds is 9. The number of halogens is 1. The number of aliphatic hydroxyl groups is 1. The first kappa shape index (κ1) is 28.9. The first-order chi connectivity index (χ1) is 14.0. The fourth-order valence-corrected chi connectivity index (χ4v) is 5.33. The Labute approximate surface area is 177 Å². The number of methoxy groups -OCH3 is 1. The Balaban J connectivity index is 0.00000512. The highest BCUT2D eigenvalue weighted by Gasteiger charge is 2.58. The van der Waals surface area contributed by atoms with E-state index in [1.54, 1.807) is 4.98 Å². The molecule has 0 aromatic carbocycles. The Morgan fingerprint density at radius 3 is 2.38 bits per heavy atom. The summed E-state index contributed by atoms with van der Waals surface area (Å²) in [6, 6.07) is 0.824. The lowest BCUT2D eigenvalue weighted by Crippen LogP contribution is -2.47. The summed E-state index contributed by atoms with van der Waals surface area (Å²) in [5.74, 6) is -2.61. The topological polar surface area (TPSA) is 259 Å². The predicted molar refractivity (Wildman–Crippen MR) is 94.2 cm³/mol. The lowest BCUT2D eigenvalue weighted by Gasteiger charge is -2.32. The van der Waals surface area contributed by atoms with Crippen LogP contribution in [0, 0.1) is 0 Å². The van der Waals surface area contributed by atoms with Gasteiger partial charge in [0.2, 0.25) is 5.79 Å². The fourth-order valence-electron chi connectivity index (χ4n) is 2.39. The summed E-state index contributed by atoms with van der Waals surface area (Å²) in [5, 5.41) is 10.1. The molecular formula is C11H18FN2O15P3-2. The number of phosphoric acid groups is 3. The van der Waals surface area contributed by atoms with E-state index >= 15 is 0 Å². The van der Waals surface area contributed by atoms with Crippen LogP contribution < -0.4 is 21.0 Å². The lowest BCUT2D eigenvalue weighted by atomic mass is 10.1. The van der Waals surface area contributed by atoms with Gasteiger partial charge in [-0.1, -0.05) is 7.43 Å². The minimum absolute atomic E-state index is 0. The maximum atomic E-state index is 14.6. The third-order valence-corrected chi connectivity index (χ3v) is 7.36. The van der Waals surface area contributed by atoms with E-state index in [0.717, 1.165) is 19.4 Å². The second-order valence-electron chi connectivity index (χ2n) is 5.75. The minimum Gasteiger partial charge on any atom is -0.756 e. The molecule has 7 atom stereocenters. The first-order valence-corrected chi connectivity index (χ1v) is 12.1. The largest absolute Gasteiger partial charge is 0.756 e. The SMILES string of the molecule is C.CO[C@]1(COP(=O)(O)OP(=O)([O-])OP(=O)([O-])O)O[C@@H](n2ccc(=O)[nH]c2=O)[C@H](F)[C@@H]1O. The van der Waals surface area contributed by atoms with Crippen molar-refractivity contribution >= 4 is 23.5 Å². The second-order valence-corrected chi connectivity index (χ2v) is 10.1. The summed E-state index contributed by atoms with van der Waals surface area (Å²) in [7, 11) is -17.0. The van der Waals surface area contributed by atoms with E-state index in [1.807, 2.05) is 0 Å². The van der Waals surface area contributed by atoms with Gasteiger partial charge in [-0.05, 0) is 0 Å². The molecule has 0 saturated carbocycles. The first-order valence-electron chi connectivity index (χ1n) is 7.62. The van der Waals surface area contributed by atoms with Gasteiger partial charge < -0.3 is 34.2 Å².